The number of methoxy groups -OCH3 is 1. The van der Waals surface area contributed by atoms with Crippen LogP contribution in [-0.4, -0.2) is 38.8 Å². The largest absolute Gasteiger partial charge is 0.493 e. The molecule has 0 saturated carbocycles. The molecule has 1 heterocycles. The molecule has 3 rings (SSSR count). The minimum Gasteiger partial charge on any atom is -0.493 e. The van der Waals surface area contributed by atoms with E-state index < -0.39 is 16.8 Å². The molecule has 0 atom stereocenters. The Morgan fingerprint density at radius 2 is 1.97 bits per heavy atom. The molecule has 2 N–H and O–H groups in total. The first kappa shape index (κ1) is 21.3. The van der Waals surface area contributed by atoms with Gasteiger partial charge in [0, 0.05) is 18.3 Å². The maximum absolute atomic E-state index is 12.5. The van der Waals surface area contributed by atoms with Gasteiger partial charge in [-0.3, -0.25) is 24.4 Å². The lowest BCUT2D eigenvalue weighted by Crippen LogP contribution is -2.11. The minimum absolute atomic E-state index is 0.107. The Labute approximate surface area is 176 Å². The number of hydrogen-bond donors (Lipinski definition) is 2. The van der Waals surface area contributed by atoms with Crippen molar-refractivity contribution in [3.63, 3.8) is 0 Å². The molecule has 3 aromatic rings. The Kier molecular flexibility index (Phi) is 6.45. The number of carbonyl (C=O) groups is 2. The number of nitro benzene ring substituents is 1. The van der Waals surface area contributed by atoms with Crippen molar-refractivity contribution in [2.45, 2.75) is 13.0 Å². The van der Waals surface area contributed by atoms with Crippen molar-refractivity contribution in [2.24, 2.45) is 0 Å². The number of ether oxygens (including phenoxy) is 2. The minimum atomic E-state index is -0.985. The number of aromatic nitrogens is 2. The molecule has 2 aromatic carbocycles. The number of benzene rings is 2. The van der Waals surface area contributed by atoms with Crippen molar-refractivity contribution in [1.82, 2.24) is 9.78 Å². The Morgan fingerprint density at radius 3 is 2.65 bits per heavy atom. The SMILES string of the molecule is COc1ccccc1Oc1cc(NC(=O)c2cnn(CCC(=O)O)c2)cc([N+](=O)[O-])c1. The highest BCUT2D eigenvalue weighted by Crippen LogP contribution is 2.34. The number of carboxylic acid groups (broad SMARTS) is 1. The van der Waals surface area contributed by atoms with Crippen LogP contribution in [0.5, 0.6) is 17.2 Å². The Morgan fingerprint density at radius 1 is 1.23 bits per heavy atom. The fourth-order valence-corrected chi connectivity index (χ4v) is 2.67. The number of nitrogens with zero attached hydrogens (tertiary/aromatic N) is 3. The van der Waals surface area contributed by atoms with Gasteiger partial charge in [0.15, 0.2) is 11.5 Å². The summed E-state index contributed by atoms with van der Waals surface area (Å²) < 4.78 is 12.3. The molecule has 0 spiro atoms. The molecular formula is C20H18N4O7. The second-order valence-corrected chi connectivity index (χ2v) is 6.32. The summed E-state index contributed by atoms with van der Waals surface area (Å²) in [7, 11) is 1.47. The van der Waals surface area contributed by atoms with E-state index in [2.05, 4.69) is 10.4 Å². The third-order valence-electron chi connectivity index (χ3n) is 4.11. The van der Waals surface area contributed by atoms with Gasteiger partial charge in [0.25, 0.3) is 11.6 Å². The quantitative estimate of drug-likeness (QED) is 0.391. The first-order valence-corrected chi connectivity index (χ1v) is 9.01. The van der Waals surface area contributed by atoms with Gasteiger partial charge in [-0.1, -0.05) is 12.1 Å². The Balaban J connectivity index is 1.81. The zero-order valence-electron chi connectivity index (χ0n) is 16.3. The van der Waals surface area contributed by atoms with Gasteiger partial charge in [0.05, 0.1) is 48.5 Å². The number of carbonyl (C=O) groups excluding carboxylic acids is 1. The van der Waals surface area contributed by atoms with Gasteiger partial charge in [0.2, 0.25) is 0 Å². The van der Waals surface area contributed by atoms with E-state index in [1.807, 2.05) is 0 Å². The average Bonchev–Trinajstić information content (AvgIpc) is 3.22. The molecule has 11 heteroatoms. The number of carboxylic acids is 1. The van der Waals surface area contributed by atoms with Crippen LogP contribution in [-0.2, 0) is 11.3 Å². The maximum Gasteiger partial charge on any atom is 0.305 e. The summed E-state index contributed by atoms with van der Waals surface area (Å²) in [6.07, 6.45) is 2.53. The Bertz CT molecular complexity index is 1130. The van der Waals surface area contributed by atoms with Crippen LogP contribution < -0.4 is 14.8 Å². The zero-order chi connectivity index (χ0) is 22.4. The van der Waals surface area contributed by atoms with Crippen LogP contribution in [0, 0.1) is 10.1 Å². The second-order valence-electron chi connectivity index (χ2n) is 6.32. The van der Waals surface area contributed by atoms with E-state index in [9.17, 15) is 19.7 Å². The molecule has 160 valence electrons. The molecule has 0 bridgehead atoms. The lowest BCUT2D eigenvalue weighted by atomic mass is 10.2. The predicted octanol–water partition coefficient (Wildman–Crippen LogP) is 3.32. The van der Waals surface area contributed by atoms with Crippen LogP contribution in [0.25, 0.3) is 0 Å². The second kappa shape index (κ2) is 9.39. The van der Waals surface area contributed by atoms with Crippen molar-refractivity contribution in [3.05, 3.63) is 70.5 Å². The molecule has 1 amide bonds. The number of amides is 1. The summed E-state index contributed by atoms with van der Waals surface area (Å²) in [6.45, 7) is 0.107. The van der Waals surface area contributed by atoms with Gasteiger partial charge < -0.3 is 19.9 Å². The van der Waals surface area contributed by atoms with Crippen LogP contribution in [0.15, 0.2) is 54.9 Å². The Hall–Kier alpha value is -4.41. The maximum atomic E-state index is 12.5. The number of nitrogens with one attached hydrogen (secondary N) is 1. The summed E-state index contributed by atoms with van der Waals surface area (Å²) in [5.74, 6) is -0.631. The lowest BCUT2D eigenvalue weighted by Gasteiger charge is -2.11. The first-order chi connectivity index (χ1) is 14.9. The van der Waals surface area contributed by atoms with Gasteiger partial charge in [-0.2, -0.15) is 5.10 Å². The van der Waals surface area contributed by atoms with Crippen LogP contribution in [0.3, 0.4) is 0 Å². The van der Waals surface area contributed by atoms with E-state index in [1.165, 1.54) is 42.4 Å². The number of aryl methyl sites for hydroxylation is 1. The van der Waals surface area contributed by atoms with E-state index in [4.69, 9.17) is 14.6 Å². The van der Waals surface area contributed by atoms with Crippen molar-refractivity contribution in [1.29, 1.82) is 0 Å². The molecule has 0 radical (unpaired) electrons. The van der Waals surface area contributed by atoms with Crippen molar-refractivity contribution >= 4 is 23.3 Å². The lowest BCUT2D eigenvalue weighted by molar-refractivity contribution is -0.384. The van der Waals surface area contributed by atoms with Gasteiger partial charge in [-0.05, 0) is 12.1 Å². The van der Waals surface area contributed by atoms with Crippen molar-refractivity contribution in [2.75, 3.05) is 12.4 Å². The number of rotatable bonds is 9. The van der Waals surface area contributed by atoms with Crippen molar-refractivity contribution < 1.29 is 29.1 Å². The van der Waals surface area contributed by atoms with Crippen LogP contribution >= 0.6 is 0 Å². The predicted molar refractivity (Wildman–Crippen MR) is 109 cm³/mol. The van der Waals surface area contributed by atoms with Crippen molar-refractivity contribution in [3.8, 4) is 17.2 Å². The summed E-state index contributed by atoms with van der Waals surface area (Å²) in [6, 6.07) is 10.7. The van der Waals surface area contributed by atoms with Gasteiger partial charge in [-0.15, -0.1) is 0 Å². The van der Waals surface area contributed by atoms with Crippen LogP contribution in [0.4, 0.5) is 11.4 Å². The van der Waals surface area contributed by atoms with Gasteiger partial charge in [-0.25, -0.2) is 0 Å². The third kappa shape index (κ3) is 5.56. The topological polar surface area (TPSA) is 146 Å². The van der Waals surface area contributed by atoms with E-state index in [-0.39, 0.29) is 35.7 Å². The number of anilines is 1. The molecule has 0 saturated heterocycles. The number of nitro groups is 1. The number of aliphatic carboxylic acids is 1. The molecule has 0 aliphatic carbocycles. The smallest absolute Gasteiger partial charge is 0.305 e. The highest BCUT2D eigenvalue weighted by molar-refractivity contribution is 6.04. The molecule has 0 aliphatic heterocycles. The fourth-order valence-electron chi connectivity index (χ4n) is 2.67. The molecule has 11 nitrogen and oxygen atoms in total. The molecule has 0 fully saturated rings. The summed E-state index contributed by atoms with van der Waals surface area (Å²) >= 11 is 0. The fraction of sp³-hybridized carbons (Fsp3) is 0.150. The number of para-hydroxylation sites is 2. The molecule has 31 heavy (non-hydrogen) atoms. The van der Waals surface area contributed by atoms with E-state index in [0.717, 1.165) is 0 Å². The summed E-state index contributed by atoms with van der Waals surface area (Å²) in [5.41, 5.74) is 0.0336. The monoisotopic (exact) mass is 426 g/mol. The average molecular weight is 426 g/mol. The number of hydrogen-bond acceptors (Lipinski definition) is 7. The van der Waals surface area contributed by atoms with Crippen LogP contribution in [0.2, 0.25) is 0 Å². The van der Waals surface area contributed by atoms with Crippen LogP contribution in [0.1, 0.15) is 16.8 Å². The summed E-state index contributed by atoms with van der Waals surface area (Å²) in [5, 5.41) is 26.5. The zero-order valence-corrected chi connectivity index (χ0v) is 16.3. The van der Waals surface area contributed by atoms with Gasteiger partial charge >= 0.3 is 5.97 Å². The highest BCUT2D eigenvalue weighted by Gasteiger charge is 2.16. The molecule has 1 aromatic heterocycles. The van der Waals surface area contributed by atoms with E-state index >= 15 is 0 Å². The molecule has 0 aliphatic rings. The standard InChI is InChI=1S/C20H18N4O7/c1-30-17-4-2-3-5-18(17)31-16-9-14(8-15(10-16)24(28)29)22-20(27)13-11-21-23(12-13)7-6-19(25)26/h2-5,8-12H,6-7H2,1H3,(H,22,27)(H,25,26). The summed E-state index contributed by atoms with van der Waals surface area (Å²) in [4.78, 5) is 33.9. The normalized spacial score (nSPS) is 10.4. The first-order valence-electron chi connectivity index (χ1n) is 9.01. The third-order valence-corrected chi connectivity index (χ3v) is 4.11. The molecular weight excluding hydrogens is 408 g/mol. The molecule has 0 unspecified atom stereocenters. The van der Waals surface area contributed by atoms with E-state index in [1.54, 1.807) is 24.3 Å². The highest BCUT2D eigenvalue weighted by atomic mass is 16.6. The number of non-ortho nitro benzene ring substituents is 1. The van der Waals surface area contributed by atoms with E-state index in [0.29, 0.717) is 11.5 Å². The van der Waals surface area contributed by atoms with Gasteiger partial charge in [0.1, 0.15) is 5.75 Å².